The van der Waals surface area contributed by atoms with Gasteiger partial charge in [-0.05, 0) is 30.3 Å². The standard InChI is InChI=1S/C17H18ClN3O3/c1-19-16(22)10-20-11-17(23)21-14-9-12(18)7-8-15(14)24-13-5-3-2-4-6-13/h2-9,20H,10-11H2,1H3,(H,19,22)(H,21,23)/p+1. The molecule has 2 aromatic rings. The zero-order valence-electron chi connectivity index (χ0n) is 13.2. The summed E-state index contributed by atoms with van der Waals surface area (Å²) >= 11 is 6.00. The molecule has 6 nitrogen and oxygen atoms in total. The van der Waals surface area contributed by atoms with Gasteiger partial charge in [0.15, 0.2) is 18.8 Å². The van der Waals surface area contributed by atoms with E-state index in [0.717, 1.165) is 0 Å². The summed E-state index contributed by atoms with van der Waals surface area (Å²) in [6.45, 7) is 0.303. The molecule has 0 atom stereocenters. The average Bonchev–Trinajstić information content (AvgIpc) is 2.58. The van der Waals surface area contributed by atoms with Crippen LogP contribution < -0.4 is 20.7 Å². The Morgan fingerprint density at radius 2 is 1.79 bits per heavy atom. The first-order chi connectivity index (χ1) is 11.6. The molecule has 2 amide bonds. The number of carbonyl (C=O) groups is 2. The zero-order valence-corrected chi connectivity index (χ0v) is 14.0. The van der Waals surface area contributed by atoms with Gasteiger partial charge < -0.3 is 20.7 Å². The van der Waals surface area contributed by atoms with E-state index in [-0.39, 0.29) is 24.9 Å². The minimum absolute atomic E-state index is 0.116. The fourth-order valence-corrected chi connectivity index (χ4v) is 2.11. The summed E-state index contributed by atoms with van der Waals surface area (Å²) in [7, 11) is 1.55. The predicted octanol–water partition coefficient (Wildman–Crippen LogP) is 1.38. The lowest BCUT2D eigenvalue weighted by atomic mass is 10.2. The van der Waals surface area contributed by atoms with Crippen molar-refractivity contribution >= 4 is 29.1 Å². The number of carbonyl (C=O) groups excluding carboxylic acids is 2. The molecule has 0 fully saturated rings. The number of ether oxygens (including phenoxy) is 1. The van der Waals surface area contributed by atoms with Crippen LogP contribution in [0.15, 0.2) is 48.5 Å². The molecular weight excluding hydrogens is 330 g/mol. The molecule has 0 unspecified atom stereocenters. The summed E-state index contributed by atoms with van der Waals surface area (Å²) in [6, 6.07) is 14.2. The summed E-state index contributed by atoms with van der Waals surface area (Å²) in [5.74, 6) is 0.754. The van der Waals surface area contributed by atoms with Crippen molar-refractivity contribution in [2.45, 2.75) is 0 Å². The topological polar surface area (TPSA) is 84.0 Å². The van der Waals surface area contributed by atoms with E-state index in [1.165, 1.54) is 0 Å². The first-order valence-electron chi connectivity index (χ1n) is 7.43. The Balaban J connectivity index is 2.02. The lowest BCUT2D eigenvalue weighted by molar-refractivity contribution is -0.632. The van der Waals surface area contributed by atoms with Gasteiger partial charge in [0.2, 0.25) is 0 Å². The van der Waals surface area contributed by atoms with Gasteiger partial charge in [-0.25, -0.2) is 0 Å². The zero-order chi connectivity index (χ0) is 17.4. The second-order valence-electron chi connectivity index (χ2n) is 4.97. The second-order valence-corrected chi connectivity index (χ2v) is 5.41. The summed E-state index contributed by atoms with van der Waals surface area (Å²) in [5.41, 5.74) is 0.477. The van der Waals surface area contributed by atoms with E-state index in [4.69, 9.17) is 16.3 Å². The van der Waals surface area contributed by atoms with Crippen LogP contribution in [0.3, 0.4) is 0 Å². The summed E-state index contributed by atoms with van der Waals surface area (Å²) < 4.78 is 5.78. The van der Waals surface area contributed by atoms with Crippen molar-refractivity contribution in [3.63, 3.8) is 0 Å². The number of hydrogen-bond donors (Lipinski definition) is 3. The Bertz CT molecular complexity index is 707. The SMILES string of the molecule is CNC(=O)C[NH2+]CC(=O)Nc1cc(Cl)ccc1Oc1ccccc1. The maximum Gasteiger partial charge on any atom is 0.279 e. The molecule has 0 aliphatic rings. The molecule has 4 N–H and O–H groups in total. The van der Waals surface area contributed by atoms with Crippen molar-refractivity contribution in [3.8, 4) is 11.5 Å². The molecule has 126 valence electrons. The third kappa shape index (κ3) is 5.57. The van der Waals surface area contributed by atoms with E-state index in [0.29, 0.717) is 22.2 Å². The maximum atomic E-state index is 12.0. The second kappa shape index (κ2) is 8.90. The van der Waals surface area contributed by atoms with E-state index in [2.05, 4.69) is 10.6 Å². The van der Waals surface area contributed by atoms with E-state index in [1.54, 1.807) is 30.6 Å². The number of nitrogens with one attached hydrogen (secondary N) is 2. The number of benzene rings is 2. The molecule has 24 heavy (non-hydrogen) atoms. The largest absolute Gasteiger partial charge is 0.455 e. The first-order valence-corrected chi connectivity index (χ1v) is 7.81. The Morgan fingerprint density at radius 3 is 2.50 bits per heavy atom. The quantitative estimate of drug-likeness (QED) is 0.706. The van der Waals surface area contributed by atoms with Crippen LogP contribution in [-0.4, -0.2) is 32.0 Å². The molecule has 0 aromatic heterocycles. The molecule has 0 aliphatic heterocycles. The predicted molar refractivity (Wildman–Crippen MR) is 92.3 cm³/mol. The highest BCUT2D eigenvalue weighted by Gasteiger charge is 2.12. The van der Waals surface area contributed by atoms with Crippen LogP contribution in [0.25, 0.3) is 0 Å². The van der Waals surface area contributed by atoms with Crippen LogP contribution in [0.5, 0.6) is 11.5 Å². The Kier molecular flexibility index (Phi) is 6.60. The highest BCUT2D eigenvalue weighted by molar-refractivity contribution is 6.31. The van der Waals surface area contributed by atoms with Crippen LogP contribution in [-0.2, 0) is 9.59 Å². The summed E-state index contributed by atoms with van der Waals surface area (Å²) in [5, 5.41) is 7.34. The number of amides is 2. The van der Waals surface area contributed by atoms with Crippen LogP contribution in [0, 0.1) is 0 Å². The molecule has 0 saturated carbocycles. The molecule has 0 saturated heterocycles. The minimum atomic E-state index is -0.251. The average molecular weight is 349 g/mol. The molecule has 0 heterocycles. The van der Waals surface area contributed by atoms with Crippen molar-refractivity contribution in [1.82, 2.24) is 5.32 Å². The Labute approximate surface area is 145 Å². The van der Waals surface area contributed by atoms with Gasteiger partial charge >= 0.3 is 0 Å². The smallest absolute Gasteiger partial charge is 0.279 e. The number of hydrogen-bond acceptors (Lipinski definition) is 3. The van der Waals surface area contributed by atoms with Crippen molar-refractivity contribution < 1.29 is 19.6 Å². The van der Waals surface area contributed by atoms with Gasteiger partial charge in [-0.2, -0.15) is 0 Å². The molecule has 0 bridgehead atoms. The van der Waals surface area contributed by atoms with Gasteiger partial charge in [0, 0.05) is 12.1 Å². The first kappa shape index (κ1) is 17.8. The van der Waals surface area contributed by atoms with Crippen LogP contribution in [0.4, 0.5) is 5.69 Å². The third-order valence-corrected chi connectivity index (χ3v) is 3.36. The number of quaternary nitrogens is 1. The summed E-state index contributed by atoms with van der Waals surface area (Å²) in [6.07, 6.45) is 0. The normalized spacial score (nSPS) is 10.1. The number of anilines is 1. The fourth-order valence-electron chi connectivity index (χ4n) is 1.94. The van der Waals surface area contributed by atoms with Crippen molar-refractivity contribution in [1.29, 1.82) is 0 Å². The minimum Gasteiger partial charge on any atom is -0.455 e. The number of nitrogens with two attached hydrogens (primary N) is 1. The van der Waals surface area contributed by atoms with E-state index < -0.39 is 0 Å². The molecule has 2 rings (SSSR count). The highest BCUT2D eigenvalue weighted by atomic mass is 35.5. The number of para-hydroxylation sites is 1. The van der Waals surface area contributed by atoms with Gasteiger partial charge in [0.1, 0.15) is 5.75 Å². The van der Waals surface area contributed by atoms with Crippen molar-refractivity contribution in [3.05, 3.63) is 53.6 Å². The van der Waals surface area contributed by atoms with Crippen molar-refractivity contribution in [2.75, 3.05) is 25.5 Å². The van der Waals surface area contributed by atoms with Gasteiger partial charge in [-0.15, -0.1) is 0 Å². The molecule has 0 radical (unpaired) electrons. The van der Waals surface area contributed by atoms with E-state index in [9.17, 15) is 9.59 Å². The fraction of sp³-hybridized carbons (Fsp3) is 0.176. The molecule has 0 spiro atoms. The van der Waals surface area contributed by atoms with Crippen LogP contribution in [0.2, 0.25) is 5.02 Å². The van der Waals surface area contributed by atoms with Gasteiger partial charge in [-0.3, -0.25) is 9.59 Å². The number of likely N-dealkylation sites (N-methyl/N-ethyl adjacent to an activating group) is 1. The molecule has 2 aromatic carbocycles. The van der Waals surface area contributed by atoms with E-state index in [1.807, 2.05) is 30.3 Å². The number of halogens is 1. The Morgan fingerprint density at radius 1 is 1.08 bits per heavy atom. The Hall–Kier alpha value is -2.57. The molecular formula is C17H19ClN3O3+. The molecule has 0 aliphatic carbocycles. The lowest BCUT2D eigenvalue weighted by Crippen LogP contribution is -2.88. The van der Waals surface area contributed by atoms with Gasteiger partial charge in [0.25, 0.3) is 11.8 Å². The van der Waals surface area contributed by atoms with Gasteiger partial charge in [-0.1, -0.05) is 29.8 Å². The number of rotatable bonds is 7. The van der Waals surface area contributed by atoms with E-state index >= 15 is 0 Å². The highest BCUT2D eigenvalue weighted by Crippen LogP contribution is 2.31. The van der Waals surface area contributed by atoms with Crippen LogP contribution in [0.1, 0.15) is 0 Å². The van der Waals surface area contributed by atoms with Gasteiger partial charge in [0.05, 0.1) is 5.69 Å². The molecule has 7 heteroatoms. The maximum absolute atomic E-state index is 12.0. The lowest BCUT2D eigenvalue weighted by Gasteiger charge is -2.12. The third-order valence-electron chi connectivity index (χ3n) is 3.13. The summed E-state index contributed by atoms with van der Waals surface area (Å²) in [4.78, 5) is 23.2. The monoisotopic (exact) mass is 348 g/mol. The van der Waals surface area contributed by atoms with Crippen LogP contribution >= 0.6 is 11.6 Å². The van der Waals surface area contributed by atoms with Crippen molar-refractivity contribution in [2.24, 2.45) is 0 Å².